The Morgan fingerprint density at radius 1 is 0.875 bits per heavy atom. The van der Waals surface area contributed by atoms with Crippen LogP contribution in [-0.2, 0) is 4.79 Å². The predicted octanol–water partition coefficient (Wildman–Crippen LogP) is 4.17. The van der Waals surface area contributed by atoms with Gasteiger partial charge in [-0.25, -0.2) is 4.98 Å². The molecule has 0 spiro atoms. The molecular formula is C26H27N5O. The molecule has 5 rings (SSSR count). The van der Waals surface area contributed by atoms with E-state index in [-0.39, 0.29) is 18.0 Å². The molecule has 162 valence electrons. The van der Waals surface area contributed by atoms with Crippen molar-refractivity contribution in [1.29, 1.82) is 0 Å². The average Bonchev–Trinajstić information content (AvgIpc) is 3.32. The lowest BCUT2D eigenvalue weighted by molar-refractivity contribution is -0.115. The number of anilines is 2. The van der Waals surface area contributed by atoms with Crippen molar-refractivity contribution >= 4 is 23.1 Å². The van der Waals surface area contributed by atoms with Crippen molar-refractivity contribution in [3.05, 3.63) is 90.6 Å². The number of amides is 1. The Morgan fingerprint density at radius 2 is 1.56 bits per heavy atom. The van der Waals surface area contributed by atoms with E-state index < -0.39 is 0 Å². The lowest BCUT2D eigenvalue weighted by atomic mass is 10.0. The van der Waals surface area contributed by atoms with Crippen LogP contribution in [0.1, 0.15) is 30.9 Å². The fourth-order valence-electron chi connectivity index (χ4n) is 4.46. The summed E-state index contributed by atoms with van der Waals surface area (Å²) >= 11 is 0. The van der Waals surface area contributed by atoms with Crippen LogP contribution in [0.25, 0.3) is 0 Å². The van der Waals surface area contributed by atoms with Crippen molar-refractivity contribution in [2.24, 2.45) is 5.10 Å². The Kier molecular flexibility index (Phi) is 5.83. The Bertz CT molecular complexity index is 1060. The predicted molar refractivity (Wildman–Crippen MR) is 128 cm³/mol. The molecule has 1 N–H and O–H groups in total. The van der Waals surface area contributed by atoms with Gasteiger partial charge in [-0.3, -0.25) is 9.80 Å². The lowest BCUT2D eigenvalue weighted by Crippen LogP contribution is -2.46. The molecule has 0 bridgehead atoms. The van der Waals surface area contributed by atoms with Crippen LogP contribution in [0.5, 0.6) is 0 Å². The van der Waals surface area contributed by atoms with Crippen molar-refractivity contribution in [2.45, 2.75) is 31.3 Å². The van der Waals surface area contributed by atoms with Gasteiger partial charge in [0.15, 0.2) is 0 Å². The molecule has 0 saturated carbocycles. The molecule has 3 aromatic rings. The molecule has 6 nitrogen and oxygen atoms in total. The molecule has 32 heavy (non-hydrogen) atoms. The molecule has 2 aliphatic heterocycles. The Hall–Kier alpha value is -3.67. The number of nitrogens with zero attached hydrogens (tertiary/aromatic N) is 4. The lowest BCUT2D eigenvalue weighted by Gasteiger charge is -2.33. The Balaban J connectivity index is 1.26. The van der Waals surface area contributed by atoms with E-state index in [2.05, 4.69) is 27.3 Å². The number of hydrogen-bond acceptors (Lipinski definition) is 5. The molecule has 2 aromatic carbocycles. The molecule has 2 aliphatic rings. The topological polar surface area (TPSA) is 60.8 Å². The number of benzene rings is 2. The van der Waals surface area contributed by atoms with Gasteiger partial charge in [0.25, 0.3) is 5.91 Å². The van der Waals surface area contributed by atoms with E-state index in [0.29, 0.717) is 12.1 Å². The number of para-hydroxylation sites is 1. The second-order valence-corrected chi connectivity index (χ2v) is 8.28. The van der Waals surface area contributed by atoms with Gasteiger partial charge in [-0.05, 0) is 42.7 Å². The number of hydrogen-bond donors (Lipinski definition) is 1. The minimum Gasteiger partial charge on any atom is -0.356 e. The number of aromatic nitrogens is 1. The van der Waals surface area contributed by atoms with E-state index in [1.165, 1.54) is 0 Å². The number of carbonyl (C=O) groups excluding carboxylic acids is 1. The maximum Gasteiger partial charge on any atom is 0.267 e. The minimum absolute atomic E-state index is 0.0188. The maximum absolute atomic E-state index is 13.1. The third-order valence-electron chi connectivity index (χ3n) is 6.18. The van der Waals surface area contributed by atoms with Gasteiger partial charge in [-0.15, -0.1) is 0 Å². The third-order valence-corrected chi connectivity index (χ3v) is 6.18. The zero-order valence-corrected chi connectivity index (χ0v) is 18.0. The summed E-state index contributed by atoms with van der Waals surface area (Å²) in [6.07, 6.45) is 4.22. The van der Waals surface area contributed by atoms with Gasteiger partial charge in [-0.2, -0.15) is 5.10 Å². The van der Waals surface area contributed by atoms with Gasteiger partial charge in [-0.1, -0.05) is 54.6 Å². The SMILES string of the molecule is O=C(NC1CCN(c2ccccn2)CC1)C1=NN(c2ccccc2)C(c2ccccc2)C1. The highest BCUT2D eigenvalue weighted by Crippen LogP contribution is 2.35. The molecule has 1 fully saturated rings. The summed E-state index contributed by atoms with van der Waals surface area (Å²) in [5.41, 5.74) is 2.74. The highest BCUT2D eigenvalue weighted by Gasteiger charge is 2.33. The summed E-state index contributed by atoms with van der Waals surface area (Å²) in [5, 5.41) is 9.98. The first kappa shape index (κ1) is 20.2. The zero-order chi connectivity index (χ0) is 21.8. The van der Waals surface area contributed by atoms with E-state index in [9.17, 15) is 4.79 Å². The molecule has 3 heterocycles. The average molecular weight is 426 g/mol. The van der Waals surface area contributed by atoms with E-state index in [0.717, 1.165) is 43.0 Å². The molecule has 0 aliphatic carbocycles. The van der Waals surface area contributed by atoms with Gasteiger partial charge in [0.05, 0.1) is 11.7 Å². The van der Waals surface area contributed by atoms with E-state index >= 15 is 0 Å². The highest BCUT2D eigenvalue weighted by atomic mass is 16.2. The fourth-order valence-corrected chi connectivity index (χ4v) is 4.46. The number of piperidine rings is 1. The van der Waals surface area contributed by atoms with Crippen LogP contribution in [0.4, 0.5) is 11.5 Å². The summed E-state index contributed by atoms with van der Waals surface area (Å²) in [6, 6.07) is 26.5. The summed E-state index contributed by atoms with van der Waals surface area (Å²) in [6.45, 7) is 1.77. The quantitative estimate of drug-likeness (QED) is 0.666. The molecule has 0 radical (unpaired) electrons. The van der Waals surface area contributed by atoms with Gasteiger partial charge in [0.1, 0.15) is 11.5 Å². The largest absolute Gasteiger partial charge is 0.356 e. The van der Waals surface area contributed by atoms with Crippen LogP contribution >= 0.6 is 0 Å². The molecule has 1 saturated heterocycles. The van der Waals surface area contributed by atoms with Gasteiger partial charge in [0.2, 0.25) is 0 Å². The van der Waals surface area contributed by atoms with Crippen molar-refractivity contribution in [3.8, 4) is 0 Å². The van der Waals surface area contributed by atoms with Crippen molar-refractivity contribution < 1.29 is 4.79 Å². The number of carbonyl (C=O) groups is 1. The highest BCUT2D eigenvalue weighted by molar-refractivity contribution is 6.39. The molecule has 1 amide bonds. The number of rotatable bonds is 5. The summed E-state index contributed by atoms with van der Waals surface area (Å²) in [7, 11) is 0. The first-order valence-corrected chi connectivity index (χ1v) is 11.2. The van der Waals surface area contributed by atoms with Crippen molar-refractivity contribution in [3.63, 3.8) is 0 Å². The van der Waals surface area contributed by atoms with Crippen LogP contribution in [-0.4, -0.2) is 35.7 Å². The van der Waals surface area contributed by atoms with E-state index in [1.807, 2.05) is 77.9 Å². The van der Waals surface area contributed by atoms with Crippen molar-refractivity contribution in [1.82, 2.24) is 10.3 Å². The summed E-state index contributed by atoms with van der Waals surface area (Å²) in [5.74, 6) is 0.947. The first-order chi connectivity index (χ1) is 15.8. The van der Waals surface area contributed by atoms with E-state index in [4.69, 9.17) is 5.10 Å². The Morgan fingerprint density at radius 3 is 2.25 bits per heavy atom. The minimum atomic E-state index is -0.0550. The fraction of sp³-hybridized carbons (Fsp3) is 0.269. The normalized spacial score (nSPS) is 19.0. The first-order valence-electron chi connectivity index (χ1n) is 11.2. The van der Waals surface area contributed by atoms with Crippen LogP contribution in [0.3, 0.4) is 0 Å². The van der Waals surface area contributed by atoms with Gasteiger partial charge >= 0.3 is 0 Å². The van der Waals surface area contributed by atoms with Crippen LogP contribution in [0.15, 0.2) is 90.2 Å². The molecule has 1 aromatic heterocycles. The summed E-state index contributed by atoms with van der Waals surface area (Å²) < 4.78 is 0. The molecule has 6 heteroatoms. The second kappa shape index (κ2) is 9.22. The van der Waals surface area contributed by atoms with Crippen LogP contribution in [0, 0.1) is 0 Å². The number of pyridine rings is 1. The molecule has 1 atom stereocenters. The molecule has 1 unspecified atom stereocenters. The summed E-state index contributed by atoms with van der Waals surface area (Å²) in [4.78, 5) is 19.8. The number of hydrazone groups is 1. The monoisotopic (exact) mass is 425 g/mol. The van der Waals surface area contributed by atoms with Gasteiger partial charge in [0, 0.05) is 31.7 Å². The van der Waals surface area contributed by atoms with Crippen LogP contribution in [0.2, 0.25) is 0 Å². The van der Waals surface area contributed by atoms with Crippen molar-refractivity contribution in [2.75, 3.05) is 23.0 Å². The smallest absolute Gasteiger partial charge is 0.267 e. The molecular weight excluding hydrogens is 398 g/mol. The van der Waals surface area contributed by atoms with E-state index in [1.54, 1.807) is 0 Å². The standard InChI is InChI=1S/C26H27N5O/c32-26(28-21-14-17-30(18-15-21)25-13-7-8-16-27-25)23-19-24(20-9-3-1-4-10-20)31(29-23)22-11-5-2-6-12-22/h1-13,16,21,24H,14-15,17-19H2,(H,28,32). The third kappa shape index (κ3) is 4.35. The van der Waals surface area contributed by atoms with Crippen LogP contribution < -0.4 is 15.2 Å². The maximum atomic E-state index is 13.1. The number of nitrogens with one attached hydrogen (secondary N) is 1. The van der Waals surface area contributed by atoms with Gasteiger partial charge < -0.3 is 10.2 Å². The zero-order valence-electron chi connectivity index (χ0n) is 18.0. The Labute approximate surface area is 188 Å². The second-order valence-electron chi connectivity index (χ2n) is 8.28.